The molecule has 7 heteroatoms. The Bertz CT molecular complexity index is 789. The van der Waals surface area contributed by atoms with E-state index in [0.717, 1.165) is 44.6 Å². The summed E-state index contributed by atoms with van der Waals surface area (Å²) < 4.78 is 0. The zero-order valence-corrected chi connectivity index (χ0v) is 18.4. The quantitative estimate of drug-likeness (QED) is 0.794. The molecule has 1 fully saturated rings. The molecule has 2 aliphatic heterocycles. The summed E-state index contributed by atoms with van der Waals surface area (Å²) in [5.41, 5.74) is 3.81. The smallest absolute Gasteiger partial charge is 0.224 e. The molecule has 1 N–H and O–H groups in total. The molecule has 5 nitrogen and oxygen atoms in total. The fourth-order valence-corrected chi connectivity index (χ4v) is 4.33. The van der Waals surface area contributed by atoms with E-state index in [2.05, 4.69) is 52.5 Å². The van der Waals surface area contributed by atoms with E-state index in [9.17, 15) is 4.79 Å². The number of halogens is 2. The number of benzene rings is 1. The lowest BCUT2D eigenvalue weighted by Gasteiger charge is -2.39. The summed E-state index contributed by atoms with van der Waals surface area (Å²) in [6.07, 6.45) is 6.48. The first kappa shape index (κ1) is 23.5. The van der Waals surface area contributed by atoms with Gasteiger partial charge in [-0.15, -0.1) is 24.8 Å². The summed E-state index contributed by atoms with van der Waals surface area (Å²) in [6, 6.07) is 13.2. The van der Waals surface area contributed by atoms with Gasteiger partial charge in [0.1, 0.15) is 0 Å². The van der Waals surface area contributed by atoms with E-state index >= 15 is 0 Å². The van der Waals surface area contributed by atoms with E-state index in [1.165, 1.54) is 11.3 Å². The molecule has 2 atom stereocenters. The van der Waals surface area contributed by atoms with Gasteiger partial charge in [0.25, 0.3) is 0 Å². The average molecular weight is 437 g/mol. The molecule has 1 aromatic heterocycles. The molecule has 1 amide bonds. The van der Waals surface area contributed by atoms with Gasteiger partial charge in [0.05, 0.1) is 6.04 Å². The lowest BCUT2D eigenvalue weighted by Crippen LogP contribution is -2.49. The summed E-state index contributed by atoms with van der Waals surface area (Å²) in [4.78, 5) is 21.8. The third-order valence-corrected chi connectivity index (χ3v) is 5.86. The summed E-state index contributed by atoms with van der Waals surface area (Å²) in [5, 5.41) is 3.41. The number of amides is 1. The first-order valence-electron chi connectivity index (χ1n) is 9.98. The second-order valence-electron chi connectivity index (χ2n) is 7.55. The number of carbonyl (C=O) groups is 1. The first-order valence-corrected chi connectivity index (χ1v) is 9.98. The van der Waals surface area contributed by atoms with Crippen LogP contribution < -0.4 is 10.2 Å². The van der Waals surface area contributed by atoms with Gasteiger partial charge in [0, 0.05) is 56.7 Å². The Hall–Kier alpha value is -1.82. The van der Waals surface area contributed by atoms with Crippen molar-refractivity contribution in [2.75, 3.05) is 31.1 Å². The lowest BCUT2D eigenvalue weighted by atomic mass is 9.96. The summed E-state index contributed by atoms with van der Waals surface area (Å²) in [6.45, 7) is 5.45. The normalized spacial score (nSPS) is 20.9. The molecule has 2 aromatic rings. The molecule has 4 rings (SSSR count). The minimum Gasteiger partial charge on any atom is -0.368 e. The van der Waals surface area contributed by atoms with Crippen LogP contribution in [0.3, 0.4) is 0 Å². The molecule has 0 radical (unpaired) electrons. The van der Waals surface area contributed by atoms with Crippen molar-refractivity contribution in [1.82, 2.24) is 15.2 Å². The van der Waals surface area contributed by atoms with Crippen molar-refractivity contribution in [3.63, 3.8) is 0 Å². The molecule has 0 bridgehead atoms. The zero-order valence-electron chi connectivity index (χ0n) is 16.8. The van der Waals surface area contributed by atoms with Gasteiger partial charge in [-0.1, -0.05) is 24.3 Å². The van der Waals surface area contributed by atoms with E-state index in [4.69, 9.17) is 0 Å². The Morgan fingerprint density at radius 2 is 2.03 bits per heavy atom. The van der Waals surface area contributed by atoms with E-state index in [1.54, 1.807) is 6.20 Å². The maximum Gasteiger partial charge on any atom is 0.224 e. The molecular weight excluding hydrogens is 407 g/mol. The highest BCUT2D eigenvalue weighted by Gasteiger charge is 2.29. The molecule has 0 spiro atoms. The molecule has 3 heterocycles. The Balaban J connectivity index is 0.00000150. The molecule has 0 aliphatic carbocycles. The Morgan fingerprint density at radius 3 is 2.83 bits per heavy atom. The van der Waals surface area contributed by atoms with Gasteiger partial charge in [0.15, 0.2) is 0 Å². The summed E-state index contributed by atoms with van der Waals surface area (Å²) >= 11 is 0. The fraction of sp³-hybridized carbons (Fsp3) is 0.455. The Labute approximate surface area is 185 Å². The molecule has 2 unspecified atom stereocenters. The van der Waals surface area contributed by atoms with Gasteiger partial charge in [-0.3, -0.25) is 9.78 Å². The summed E-state index contributed by atoms with van der Waals surface area (Å²) in [5.74, 6) is 0.237. The van der Waals surface area contributed by atoms with Gasteiger partial charge >= 0.3 is 0 Å². The number of para-hydroxylation sites is 1. The van der Waals surface area contributed by atoms with Crippen molar-refractivity contribution in [1.29, 1.82) is 0 Å². The number of anilines is 1. The summed E-state index contributed by atoms with van der Waals surface area (Å²) in [7, 11) is 0. The molecular formula is C22H30Cl2N4O. The number of rotatable bonds is 4. The van der Waals surface area contributed by atoms with Crippen LogP contribution >= 0.6 is 24.8 Å². The minimum atomic E-state index is 0. The van der Waals surface area contributed by atoms with E-state index < -0.39 is 0 Å². The maximum absolute atomic E-state index is 13.1. The SMILES string of the molecule is CC1CCc2ccccc2N1CCC(=O)N1CCNCC1c1cccnc1.Cl.Cl. The van der Waals surface area contributed by atoms with Gasteiger partial charge in [-0.25, -0.2) is 0 Å². The number of nitrogens with zero attached hydrogens (tertiary/aromatic N) is 3. The first-order chi connectivity index (χ1) is 13.2. The number of aryl methyl sites for hydroxylation is 1. The number of hydrogen-bond donors (Lipinski definition) is 1. The molecule has 158 valence electrons. The number of aromatic nitrogens is 1. The van der Waals surface area contributed by atoms with Gasteiger partial charge in [-0.2, -0.15) is 0 Å². The topological polar surface area (TPSA) is 48.5 Å². The molecule has 1 aromatic carbocycles. The van der Waals surface area contributed by atoms with Crippen LogP contribution in [-0.4, -0.2) is 48.0 Å². The van der Waals surface area contributed by atoms with Crippen LogP contribution in [0.15, 0.2) is 48.8 Å². The second-order valence-corrected chi connectivity index (χ2v) is 7.55. The van der Waals surface area contributed by atoms with E-state index in [-0.39, 0.29) is 36.8 Å². The highest BCUT2D eigenvalue weighted by Crippen LogP contribution is 2.31. The van der Waals surface area contributed by atoms with Crippen molar-refractivity contribution < 1.29 is 4.79 Å². The number of carbonyl (C=O) groups excluding carboxylic acids is 1. The van der Waals surface area contributed by atoms with Crippen LogP contribution in [0.5, 0.6) is 0 Å². The monoisotopic (exact) mass is 436 g/mol. The van der Waals surface area contributed by atoms with Crippen molar-refractivity contribution >= 4 is 36.4 Å². The van der Waals surface area contributed by atoms with Crippen LogP contribution in [0, 0.1) is 0 Å². The number of nitrogens with one attached hydrogen (secondary N) is 1. The Morgan fingerprint density at radius 1 is 1.21 bits per heavy atom. The second kappa shape index (κ2) is 10.8. The fourth-order valence-electron chi connectivity index (χ4n) is 4.33. The molecule has 29 heavy (non-hydrogen) atoms. The van der Waals surface area contributed by atoms with Crippen LogP contribution in [0.4, 0.5) is 5.69 Å². The highest BCUT2D eigenvalue weighted by molar-refractivity contribution is 5.85. The Kier molecular flexibility index (Phi) is 8.75. The minimum absolute atomic E-state index is 0. The zero-order chi connectivity index (χ0) is 18.6. The van der Waals surface area contributed by atoms with Crippen LogP contribution in [0.1, 0.15) is 36.9 Å². The van der Waals surface area contributed by atoms with Crippen LogP contribution in [0.25, 0.3) is 0 Å². The maximum atomic E-state index is 13.1. The number of pyridine rings is 1. The molecule has 1 saturated heterocycles. The van der Waals surface area contributed by atoms with Crippen molar-refractivity contribution in [3.05, 3.63) is 59.9 Å². The highest BCUT2D eigenvalue weighted by atomic mass is 35.5. The van der Waals surface area contributed by atoms with Gasteiger partial charge < -0.3 is 15.1 Å². The third kappa shape index (κ3) is 5.21. The van der Waals surface area contributed by atoms with E-state index in [1.807, 2.05) is 17.2 Å². The molecule has 0 saturated carbocycles. The molecule has 2 aliphatic rings. The van der Waals surface area contributed by atoms with Gasteiger partial charge in [-0.05, 0) is 43.0 Å². The number of fused-ring (bicyclic) bond motifs is 1. The van der Waals surface area contributed by atoms with Crippen molar-refractivity contribution in [2.45, 2.75) is 38.3 Å². The van der Waals surface area contributed by atoms with Gasteiger partial charge in [0.2, 0.25) is 5.91 Å². The lowest BCUT2D eigenvalue weighted by molar-refractivity contribution is -0.134. The van der Waals surface area contributed by atoms with Crippen molar-refractivity contribution in [2.24, 2.45) is 0 Å². The van der Waals surface area contributed by atoms with E-state index in [0.29, 0.717) is 12.5 Å². The number of piperazine rings is 1. The van der Waals surface area contributed by atoms with Crippen LogP contribution in [0.2, 0.25) is 0 Å². The average Bonchev–Trinajstić information content (AvgIpc) is 2.73. The standard InChI is InChI=1S/C22H28N4O.2ClH/c1-17-8-9-18-5-2-3-7-20(18)25(17)13-10-22(27)26-14-12-24-16-21(26)19-6-4-11-23-15-19;;/h2-7,11,15,17,21,24H,8-10,12-14,16H2,1H3;2*1H. The number of hydrogen-bond acceptors (Lipinski definition) is 4. The largest absolute Gasteiger partial charge is 0.368 e. The van der Waals surface area contributed by atoms with Crippen LogP contribution in [-0.2, 0) is 11.2 Å². The third-order valence-electron chi connectivity index (χ3n) is 5.86. The predicted molar refractivity (Wildman–Crippen MR) is 122 cm³/mol. The predicted octanol–water partition coefficient (Wildman–Crippen LogP) is 3.63. The van der Waals surface area contributed by atoms with Crippen molar-refractivity contribution in [3.8, 4) is 0 Å².